The normalized spacial score (nSPS) is 15.4. The zero-order valence-corrected chi connectivity index (χ0v) is 18.5. The Labute approximate surface area is 189 Å². The number of halogens is 13. The van der Waals surface area contributed by atoms with E-state index in [2.05, 4.69) is 0 Å². The summed E-state index contributed by atoms with van der Waals surface area (Å²) in [5.74, 6) is -38.9. The highest BCUT2D eigenvalue weighted by Crippen LogP contribution is 2.60. The SMILES string of the molecule is CC(C)(/C=C/C(F)(F)C(F)(F)C(F)(F)C(F)(F)C(F)(F)C(F)(F)F)CC(=O)NC(=O)OC(C)(C)C. The van der Waals surface area contributed by atoms with Gasteiger partial charge in [0.1, 0.15) is 5.60 Å². The van der Waals surface area contributed by atoms with Crippen molar-refractivity contribution in [1.82, 2.24) is 5.32 Å². The van der Waals surface area contributed by atoms with Crippen molar-refractivity contribution in [3.63, 3.8) is 0 Å². The number of hydrogen-bond donors (Lipinski definition) is 1. The predicted molar refractivity (Wildman–Crippen MR) is 92.7 cm³/mol. The second-order valence-corrected chi connectivity index (χ2v) is 8.97. The van der Waals surface area contributed by atoms with E-state index < -0.39 is 71.3 Å². The predicted octanol–water partition coefficient (Wildman–Crippen LogP) is 6.75. The van der Waals surface area contributed by atoms with Crippen LogP contribution in [0.15, 0.2) is 12.2 Å². The number of alkyl halides is 13. The molecule has 1 N–H and O–H groups in total. The number of rotatable bonds is 8. The van der Waals surface area contributed by atoms with Crippen LogP contribution in [0.2, 0.25) is 0 Å². The summed E-state index contributed by atoms with van der Waals surface area (Å²) in [4.78, 5) is 23.3. The third kappa shape index (κ3) is 6.92. The molecule has 17 heteroatoms. The van der Waals surface area contributed by atoms with Gasteiger partial charge in [0.2, 0.25) is 5.91 Å². The van der Waals surface area contributed by atoms with E-state index in [9.17, 15) is 66.7 Å². The van der Waals surface area contributed by atoms with Gasteiger partial charge in [0.15, 0.2) is 0 Å². The van der Waals surface area contributed by atoms with Gasteiger partial charge in [-0.1, -0.05) is 19.9 Å². The maximum atomic E-state index is 13.8. The summed E-state index contributed by atoms with van der Waals surface area (Å²) < 4.78 is 175. The zero-order valence-electron chi connectivity index (χ0n) is 18.5. The number of ether oxygens (including phenoxy) is 1. The molecule has 0 saturated heterocycles. The van der Waals surface area contributed by atoms with Crippen LogP contribution in [0.5, 0.6) is 0 Å². The summed E-state index contributed by atoms with van der Waals surface area (Å²) in [7, 11) is 0. The van der Waals surface area contributed by atoms with Crippen LogP contribution in [-0.2, 0) is 9.53 Å². The van der Waals surface area contributed by atoms with Crippen molar-refractivity contribution >= 4 is 12.0 Å². The third-order valence-corrected chi connectivity index (χ3v) is 3.96. The molecule has 0 fully saturated rings. The van der Waals surface area contributed by atoms with Gasteiger partial charge in [0, 0.05) is 6.42 Å². The van der Waals surface area contributed by atoms with E-state index in [-0.39, 0.29) is 6.08 Å². The average molecular weight is 545 g/mol. The topological polar surface area (TPSA) is 55.4 Å². The molecule has 0 aromatic carbocycles. The first-order valence-electron chi connectivity index (χ1n) is 9.14. The molecule has 4 nitrogen and oxygen atoms in total. The Bertz CT molecular complexity index is 824. The molecule has 0 rings (SSSR count). The third-order valence-electron chi connectivity index (χ3n) is 3.96. The smallest absolute Gasteiger partial charge is 0.444 e. The van der Waals surface area contributed by atoms with Crippen LogP contribution < -0.4 is 5.32 Å². The van der Waals surface area contributed by atoms with E-state index in [1.165, 1.54) is 20.8 Å². The molecule has 0 aromatic heterocycles. The minimum absolute atomic E-state index is 0.0777. The molecule has 0 aliphatic carbocycles. The van der Waals surface area contributed by atoms with Crippen LogP contribution >= 0.6 is 0 Å². The molecule has 206 valence electrons. The van der Waals surface area contributed by atoms with Crippen molar-refractivity contribution in [1.29, 1.82) is 0 Å². The number of hydrogen-bond acceptors (Lipinski definition) is 3. The molecule has 0 bridgehead atoms. The molecule has 0 spiro atoms. The van der Waals surface area contributed by atoms with E-state index in [0.717, 1.165) is 13.8 Å². The van der Waals surface area contributed by atoms with Crippen LogP contribution in [0, 0.1) is 5.41 Å². The lowest BCUT2D eigenvalue weighted by Gasteiger charge is -2.39. The fraction of sp³-hybridized carbons (Fsp3) is 0.778. The minimum atomic E-state index is -8.00. The van der Waals surface area contributed by atoms with E-state index >= 15 is 0 Å². The molecule has 0 aliphatic heterocycles. The molecular formula is C18H20F13NO3. The molecular weight excluding hydrogens is 525 g/mol. The van der Waals surface area contributed by atoms with Gasteiger partial charge in [-0.3, -0.25) is 10.1 Å². The highest BCUT2D eigenvalue weighted by molar-refractivity contribution is 5.92. The fourth-order valence-corrected chi connectivity index (χ4v) is 2.15. The molecule has 2 amide bonds. The summed E-state index contributed by atoms with van der Waals surface area (Å²) in [5, 5.41) is 1.62. The summed E-state index contributed by atoms with van der Waals surface area (Å²) in [5.41, 5.74) is -3.07. The number of carbonyl (C=O) groups excluding carboxylic acids is 2. The molecule has 0 radical (unpaired) electrons. The summed E-state index contributed by atoms with van der Waals surface area (Å²) in [6.45, 7) is 5.88. The summed E-state index contributed by atoms with van der Waals surface area (Å²) >= 11 is 0. The Morgan fingerprint density at radius 2 is 1.06 bits per heavy atom. The van der Waals surface area contributed by atoms with E-state index in [1.54, 1.807) is 5.32 Å². The monoisotopic (exact) mass is 545 g/mol. The number of alkyl carbamates (subject to hydrolysis) is 1. The van der Waals surface area contributed by atoms with Crippen molar-refractivity contribution in [3.8, 4) is 0 Å². The van der Waals surface area contributed by atoms with Gasteiger partial charge in [-0.15, -0.1) is 0 Å². The van der Waals surface area contributed by atoms with Crippen molar-refractivity contribution in [2.45, 2.75) is 82.4 Å². The summed E-state index contributed by atoms with van der Waals surface area (Å²) in [6, 6.07) is 0. The summed E-state index contributed by atoms with van der Waals surface area (Å²) in [6.07, 6.45) is -11.0. The first-order valence-corrected chi connectivity index (χ1v) is 9.14. The molecule has 0 aliphatic rings. The number of imide groups is 1. The van der Waals surface area contributed by atoms with Crippen molar-refractivity contribution in [2.75, 3.05) is 0 Å². The maximum absolute atomic E-state index is 13.8. The maximum Gasteiger partial charge on any atom is 0.460 e. The van der Waals surface area contributed by atoms with Crippen LogP contribution in [0.3, 0.4) is 0 Å². The number of nitrogens with one attached hydrogen (secondary N) is 1. The van der Waals surface area contributed by atoms with Gasteiger partial charge < -0.3 is 4.74 Å². The van der Waals surface area contributed by atoms with Crippen LogP contribution in [0.1, 0.15) is 41.0 Å². The average Bonchev–Trinajstić information content (AvgIpc) is 2.56. The first kappa shape index (κ1) is 32.8. The molecule has 0 unspecified atom stereocenters. The Hall–Kier alpha value is -2.23. The molecule has 0 heterocycles. The molecule has 0 aromatic rings. The second-order valence-electron chi connectivity index (χ2n) is 8.97. The standard InChI is InChI=1S/C18H20F13NO3/c1-11(2,3)35-10(34)32-9(33)8-12(4,5)6-7-13(19,20)14(21,22)15(23,24)16(25,26)17(27,28)18(29,30)31/h6-7H,8H2,1-5H3,(H,32,33,34)/b7-6+. The lowest BCUT2D eigenvalue weighted by atomic mass is 9.86. The van der Waals surface area contributed by atoms with E-state index in [4.69, 9.17) is 4.74 Å². The largest absolute Gasteiger partial charge is 0.460 e. The second kappa shape index (κ2) is 9.33. The lowest BCUT2D eigenvalue weighted by molar-refractivity contribution is -0.436. The number of allylic oxidation sites excluding steroid dienone is 2. The van der Waals surface area contributed by atoms with E-state index in [1.807, 2.05) is 0 Å². The van der Waals surface area contributed by atoms with Crippen LogP contribution in [0.4, 0.5) is 61.9 Å². The van der Waals surface area contributed by atoms with Crippen molar-refractivity contribution in [3.05, 3.63) is 12.2 Å². The Kier molecular flexibility index (Phi) is 8.74. The van der Waals surface area contributed by atoms with Crippen molar-refractivity contribution < 1.29 is 71.4 Å². The van der Waals surface area contributed by atoms with Gasteiger partial charge in [-0.25, -0.2) is 4.79 Å². The zero-order chi connectivity index (χ0) is 28.7. The Balaban J connectivity index is 5.90. The fourth-order valence-electron chi connectivity index (χ4n) is 2.15. The van der Waals surface area contributed by atoms with Gasteiger partial charge in [0.25, 0.3) is 0 Å². The van der Waals surface area contributed by atoms with E-state index in [0.29, 0.717) is 0 Å². The molecule has 35 heavy (non-hydrogen) atoms. The van der Waals surface area contributed by atoms with Gasteiger partial charge in [-0.05, 0) is 32.3 Å². The van der Waals surface area contributed by atoms with Gasteiger partial charge in [-0.2, -0.15) is 57.1 Å². The van der Waals surface area contributed by atoms with Gasteiger partial charge in [0.05, 0.1) is 0 Å². The first-order chi connectivity index (χ1) is 15.0. The Morgan fingerprint density at radius 3 is 1.43 bits per heavy atom. The lowest BCUT2D eigenvalue weighted by Crippen LogP contribution is -2.69. The minimum Gasteiger partial charge on any atom is -0.444 e. The quantitative estimate of drug-likeness (QED) is 0.271. The highest BCUT2D eigenvalue weighted by Gasteiger charge is 2.90. The molecule has 0 saturated carbocycles. The van der Waals surface area contributed by atoms with Crippen LogP contribution in [-0.4, -0.2) is 53.4 Å². The van der Waals surface area contributed by atoms with Crippen molar-refractivity contribution in [2.24, 2.45) is 5.41 Å². The number of carbonyl (C=O) groups is 2. The molecule has 0 atom stereocenters. The Morgan fingerprint density at radius 1 is 0.657 bits per heavy atom. The van der Waals surface area contributed by atoms with Gasteiger partial charge >= 0.3 is 41.9 Å². The van der Waals surface area contributed by atoms with Crippen LogP contribution in [0.25, 0.3) is 0 Å². The highest BCUT2D eigenvalue weighted by atomic mass is 19.4. The number of amides is 2.